The van der Waals surface area contributed by atoms with Gasteiger partial charge >= 0.3 is 0 Å². The third-order valence-corrected chi connectivity index (χ3v) is 6.07. The van der Waals surface area contributed by atoms with Crippen molar-refractivity contribution >= 4 is 43.8 Å². The Morgan fingerprint density at radius 3 is 2.86 bits per heavy atom. The molecule has 0 bridgehead atoms. The molecule has 2 amide bonds. The van der Waals surface area contributed by atoms with Gasteiger partial charge in [-0.1, -0.05) is 0 Å². The van der Waals surface area contributed by atoms with Crippen LogP contribution in [0.15, 0.2) is 16.7 Å². The van der Waals surface area contributed by atoms with E-state index < -0.39 is 33.6 Å². The number of thiazole rings is 1. The molecule has 1 aromatic rings. The van der Waals surface area contributed by atoms with E-state index in [4.69, 9.17) is 0 Å². The van der Waals surface area contributed by atoms with E-state index >= 15 is 0 Å². The molecule has 8 nitrogen and oxygen atoms in total. The van der Waals surface area contributed by atoms with Gasteiger partial charge in [-0.05, 0) is 13.3 Å². The topological polar surface area (TPSA) is 109 Å². The molecule has 22 heavy (non-hydrogen) atoms. The van der Waals surface area contributed by atoms with Gasteiger partial charge in [-0.15, -0.1) is 11.3 Å². The van der Waals surface area contributed by atoms with E-state index in [0.717, 1.165) is 5.01 Å². The van der Waals surface area contributed by atoms with Crippen molar-refractivity contribution in [2.75, 3.05) is 16.8 Å². The summed E-state index contributed by atoms with van der Waals surface area (Å²) in [5.74, 6) is -2.05. The van der Waals surface area contributed by atoms with Gasteiger partial charge in [0.05, 0.1) is 23.3 Å². The Morgan fingerprint density at radius 1 is 1.50 bits per heavy atom. The number of aromatic nitrogens is 1. The van der Waals surface area contributed by atoms with Gasteiger partial charge in [-0.2, -0.15) is 5.10 Å². The number of rotatable bonds is 3. The predicted octanol–water partition coefficient (Wildman–Crippen LogP) is 0.103. The Morgan fingerprint density at radius 2 is 2.27 bits per heavy atom. The summed E-state index contributed by atoms with van der Waals surface area (Å²) in [6, 6.07) is -0.481. The number of sulfone groups is 1. The standard InChI is InChI=1S/C12H14N4O4S2/c1-7-9(10(17)14-12-13-3-4-21-12)11(18)16(15-7)8-2-5-22(19,20)6-8/h3-4,8-9H,2,5-6H2,1H3,(H,13,14,17)/t8-,9-/m1/s1. The molecule has 1 fully saturated rings. The van der Waals surface area contributed by atoms with Crippen molar-refractivity contribution in [2.45, 2.75) is 19.4 Å². The highest BCUT2D eigenvalue weighted by Gasteiger charge is 2.44. The van der Waals surface area contributed by atoms with Crippen molar-refractivity contribution in [1.82, 2.24) is 9.99 Å². The summed E-state index contributed by atoms with van der Waals surface area (Å²) in [4.78, 5) is 28.6. The summed E-state index contributed by atoms with van der Waals surface area (Å²) in [5.41, 5.74) is 0.364. The second-order valence-electron chi connectivity index (χ2n) is 5.24. The fraction of sp³-hybridized carbons (Fsp3) is 0.500. The third kappa shape index (κ3) is 2.75. The number of nitrogens with one attached hydrogen (secondary N) is 1. The number of anilines is 1. The Bertz CT molecular complexity index is 741. The molecule has 1 N–H and O–H groups in total. The number of nitrogens with zero attached hydrogens (tertiary/aromatic N) is 3. The minimum Gasteiger partial charge on any atom is -0.301 e. The zero-order chi connectivity index (χ0) is 15.9. The van der Waals surface area contributed by atoms with Crippen LogP contribution in [0.2, 0.25) is 0 Å². The molecule has 1 saturated heterocycles. The Balaban J connectivity index is 1.74. The van der Waals surface area contributed by atoms with Crippen LogP contribution in [0.1, 0.15) is 13.3 Å². The van der Waals surface area contributed by atoms with Crippen LogP contribution < -0.4 is 5.32 Å². The third-order valence-electron chi connectivity index (χ3n) is 3.63. The lowest BCUT2D eigenvalue weighted by Crippen LogP contribution is -2.40. The lowest BCUT2D eigenvalue weighted by Gasteiger charge is -2.19. The average Bonchev–Trinajstić information content (AvgIpc) is 3.10. The molecule has 10 heteroatoms. The van der Waals surface area contributed by atoms with Crippen molar-refractivity contribution < 1.29 is 18.0 Å². The van der Waals surface area contributed by atoms with E-state index in [9.17, 15) is 18.0 Å². The molecule has 0 spiro atoms. The van der Waals surface area contributed by atoms with Crippen molar-refractivity contribution in [1.29, 1.82) is 0 Å². The molecule has 0 aliphatic carbocycles. The van der Waals surface area contributed by atoms with Gasteiger partial charge in [0, 0.05) is 11.6 Å². The van der Waals surface area contributed by atoms with E-state index in [2.05, 4.69) is 15.4 Å². The molecule has 1 aromatic heterocycles. The quantitative estimate of drug-likeness (QED) is 0.784. The Kier molecular flexibility index (Phi) is 3.73. The van der Waals surface area contributed by atoms with Crippen LogP contribution in [0, 0.1) is 5.92 Å². The van der Waals surface area contributed by atoms with Gasteiger partial charge < -0.3 is 5.32 Å². The van der Waals surface area contributed by atoms with Crippen LogP contribution in [0.5, 0.6) is 0 Å². The van der Waals surface area contributed by atoms with Gasteiger partial charge in [0.2, 0.25) is 5.91 Å². The van der Waals surface area contributed by atoms with E-state index in [1.807, 2.05) is 0 Å². The fourth-order valence-corrected chi connectivity index (χ4v) is 4.81. The first kappa shape index (κ1) is 15.1. The molecule has 2 aliphatic heterocycles. The maximum absolute atomic E-state index is 12.4. The van der Waals surface area contributed by atoms with Crippen molar-refractivity contribution in [3.8, 4) is 0 Å². The maximum atomic E-state index is 12.4. The predicted molar refractivity (Wildman–Crippen MR) is 81.2 cm³/mol. The molecule has 0 radical (unpaired) electrons. The first-order valence-corrected chi connectivity index (χ1v) is 9.36. The number of hydrogen-bond acceptors (Lipinski definition) is 7. The summed E-state index contributed by atoms with van der Waals surface area (Å²) in [5, 5.41) is 9.96. The second kappa shape index (κ2) is 5.43. The van der Waals surface area contributed by atoms with Crippen molar-refractivity contribution in [3.63, 3.8) is 0 Å². The Hall–Kier alpha value is -1.81. The number of carbonyl (C=O) groups excluding carboxylic acids is 2. The highest BCUT2D eigenvalue weighted by atomic mass is 32.2. The fourth-order valence-electron chi connectivity index (χ4n) is 2.58. The molecular weight excluding hydrogens is 328 g/mol. The number of hydrazone groups is 1. The molecule has 0 unspecified atom stereocenters. The maximum Gasteiger partial charge on any atom is 0.261 e. The highest BCUT2D eigenvalue weighted by Crippen LogP contribution is 2.26. The van der Waals surface area contributed by atoms with Crippen molar-refractivity contribution in [2.24, 2.45) is 11.0 Å². The number of amides is 2. The van der Waals surface area contributed by atoms with Gasteiger partial charge in [0.15, 0.2) is 20.9 Å². The second-order valence-corrected chi connectivity index (χ2v) is 8.36. The van der Waals surface area contributed by atoms with Crippen LogP contribution >= 0.6 is 11.3 Å². The normalized spacial score (nSPS) is 27.0. The zero-order valence-electron chi connectivity index (χ0n) is 11.7. The summed E-state index contributed by atoms with van der Waals surface area (Å²) in [7, 11) is -3.12. The average molecular weight is 342 g/mol. The van der Waals surface area contributed by atoms with Crippen LogP contribution in [0.25, 0.3) is 0 Å². The lowest BCUT2D eigenvalue weighted by atomic mass is 10.0. The van der Waals surface area contributed by atoms with Crippen LogP contribution in [-0.4, -0.2) is 53.5 Å². The summed E-state index contributed by atoms with van der Waals surface area (Å²) in [6.07, 6.45) is 1.90. The SMILES string of the molecule is CC1=NN([C@@H]2CCS(=O)(=O)C2)C(=O)[C@H]1C(=O)Nc1nccs1. The molecule has 118 valence electrons. The van der Waals surface area contributed by atoms with Crippen LogP contribution in [0.3, 0.4) is 0 Å². The van der Waals surface area contributed by atoms with Crippen LogP contribution in [-0.2, 0) is 19.4 Å². The molecule has 0 aromatic carbocycles. The minimum atomic E-state index is -3.12. The van der Waals surface area contributed by atoms with E-state index in [-0.39, 0.29) is 11.5 Å². The molecule has 0 saturated carbocycles. The van der Waals surface area contributed by atoms with E-state index in [0.29, 0.717) is 17.3 Å². The summed E-state index contributed by atoms with van der Waals surface area (Å²) < 4.78 is 23.1. The highest BCUT2D eigenvalue weighted by molar-refractivity contribution is 7.91. The largest absolute Gasteiger partial charge is 0.301 e. The van der Waals surface area contributed by atoms with Gasteiger partial charge in [0.25, 0.3) is 5.91 Å². The van der Waals surface area contributed by atoms with E-state index in [1.165, 1.54) is 11.3 Å². The zero-order valence-corrected chi connectivity index (χ0v) is 13.4. The first-order valence-electron chi connectivity index (χ1n) is 6.66. The number of carbonyl (C=O) groups is 2. The molecule has 2 aliphatic rings. The van der Waals surface area contributed by atoms with E-state index in [1.54, 1.807) is 18.5 Å². The minimum absolute atomic E-state index is 0.0476. The van der Waals surface area contributed by atoms with Crippen molar-refractivity contribution in [3.05, 3.63) is 11.6 Å². The molecule has 3 heterocycles. The van der Waals surface area contributed by atoms with Crippen LogP contribution in [0.4, 0.5) is 5.13 Å². The molecule has 2 atom stereocenters. The molecular formula is C12H14N4O4S2. The smallest absolute Gasteiger partial charge is 0.261 e. The summed E-state index contributed by atoms with van der Waals surface area (Å²) in [6.45, 7) is 1.59. The van der Waals surface area contributed by atoms with Gasteiger partial charge in [-0.3, -0.25) is 9.59 Å². The monoisotopic (exact) mass is 342 g/mol. The first-order chi connectivity index (χ1) is 10.4. The molecule has 3 rings (SSSR count). The van der Waals surface area contributed by atoms with Gasteiger partial charge in [0.1, 0.15) is 0 Å². The summed E-state index contributed by atoms with van der Waals surface area (Å²) >= 11 is 1.25. The lowest BCUT2D eigenvalue weighted by molar-refractivity contribution is -0.137. The van der Waals surface area contributed by atoms with Gasteiger partial charge in [-0.25, -0.2) is 18.4 Å². The Labute approximate surface area is 131 Å². The number of hydrogen-bond donors (Lipinski definition) is 1.